The Kier molecular flexibility index (Phi) is 9.19. The Morgan fingerprint density at radius 2 is 1.14 bits per heavy atom. The third-order valence-electron chi connectivity index (χ3n) is 8.77. The summed E-state index contributed by atoms with van der Waals surface area (Å²) in [5.74, 6) is -1.00. The van der Waals surface area contributed by atoms with Gasteiger partial charge in [-0.2, -0.15) is 0 Å². The molecule has 37 heavy (non-hydrogen) atoms. The van der Waals surface area contributed by atoms with Gasteiger partial charge in [0.05, 0.1) is 23.3 Å². The highest BCUT2D eigenvalue weighted by atomic mass is 16.3. The van der Waals surface area contributed by atoms with E-state index in [0.29, 0.717) is 51.4 Å². The SMILES string of the molecule is CCC(O)(CC)[C@@H](Cc1ccccc1)N(C(=O)C1(C(N)=O)CC1)[C@H](Cc1ccccc1)C(O)(CC)CC. The number of aliphatic hydroxyl groups is 2. The normalized spacial score (nSPS) is 16.6. The Labute approximate surface area is 221 Å². The van der Waals surface area contributed by atoms with Crippen LogP contribution in [-0.2, 0) is 22.4 Å². The van der Waals surface area contributed by atoms with Gasteiger partial charge >= 0.3 is 0 Å². The van der Waals surface area contributed by atoms with Gasteiger partial charge in [-0.05, 0) is 62.5 Å². The molecule has 0 unspecified atom stereocenters. The number of carbonyl (C=O) groups excluding carboxylic acids is 2. The zero-order valence-corrected chi connectivity index (χ0v) is 22.8. The third kappa shape index (κ3) is 5.91. The van der Waals surface area contributed by atoms with Gasteiger partial charge in [0.2, 0.25) is 11.8 Å². The first-order chi connectivity index (χ1) is 17.6. The van der Waals surface area contributed by atoms with Crippen LogP contribution >= 0.6 is 0 Å². The van der Waals surface area contributed by atoms with E-state index in [0.717, 1.165) is 11.1 Å². The Morgan fingerprint density at radius 1 is 0.784 bits per heavy atom. The number of nitrogens with zero attached hydrogens (tertiary/aromatic N) is 1. The fourth-order valence-electron chi connectivity index (χ4n) is 5.65. The fraction of sp³-hybridized carbons (Fsp3) is 0.548. The van der Waals surface area contributed by atoms with Gasteiger partial charge < -0.3 is 20.8 Å². The number of rotatable bonds is 14. The summed E-state index contributed by atoms with van der Waals surface area (Å²) in [7, 11) is 0. The highest BCUT2D eigenvalue weighted by Crippen LogP contribution is 2.49. The van der Waals surface area contributed by atoms with E-state index in [1.165, 1.54) is 0 Å². The molecule has 2 aromatic carbocycles. The van der Waals surface area contributed by atoms with Crippen LogP contribution in [0.5, 0.6) is 0 Å². The van der Waals surface area contributed by atoms with Crippen LogP contribution in [0.1, 0.15) is 77.3 Å². The predicted molar refractivity (Wildman–Crippen MR) is 147 cm³/mol. The van der Waals surface area contributed by atoms with E-state index in [1.54, 1.807) is 4.90 Å². The second kappa shape index (κ2) is 11.8. The Hall–Kier alpha value is -2.70. The van der Waals surface area contributed by atoms with Crippen molar-refractivity contribution in [1.82, 2.24) is 4.90 Å². The summed E-state index contributed by atoms with van der Waals surface area (Å²) in [5, 5.41) is 24.1. The number of carbonyl (C=O) groups is 2. The minimum absolute atomic E-state index is 0.373. The minimum Gasteiger partial charge on any atom is -0.388 e. The average molecular weight is 509 g/mol. The van der Waals surface area contributed by atoms with Gasteiger partial charge in [-0.1, -0.05) is 88.4 Å². The van der Waals surface area contributed by atoms with Crippen molar-refractivity contribution in [3.05, 3.63) is 71.8 Å². The maximum atomic E-state index is 14.5. The van der Waals surface area contributed by atoms with E-state index in [-0.39, 0.29) is 5.91 Å². The van der Waals surface area contributed by atoms with E-state index in [2.05, 4.69) is 0 Å². The molecule has 1 fully saturated rings. The molecule has 1 saturated carbocycles. The maximum Gasteiger partial charge on any atom is 0.238 e. The first-order valence-electron chi connectivity index (χ1n) is 13.8. The summed E-state index contributed by atoms with van der Waals surface area (Å²) in [6, 6.07) is 18.3. The molecule has 6 nitrogen and oxygen atoms in total. The number of primary amides is 1. The fourth-order valence-corrected chi connectivity index (χ4v) is 5.65. The first kappa shape index (κ1) is 28.9. The summed E-state index contributed by atoms with van der Waals surface area (Å²) < 4.78 is 0. The van der Waals surface area contributed by atoms with E-state index in [4.69, 9.17) is 5.73 Å². The largest absolute Gasteiger partial charge is 0.388 e. The molecule has 4 N–H and O–H groups in total. The van der Waals surface area contributed by atoms with Crippen molar-refractivity contribution in [2.45, 2.75) is 102 Å². The monoisotopic (exact) mass is 508 g/mol. The van der Waals surface area contributed by atoms with Crippen LogP contribution in [0.2, 0.25) is 0 Å². The molecule has 1 aliphatic rings. The van der Waals surface area contributed by atoms with Gasteiger partial charge in [0.25, 0.3) is 0 Å². The van der Waals surface area contributed by atoms with Gasteiger partial charge in [-0.25, -0.2) is 0 Å². The molecule has 0 radical (unpaired) electrons. The first-order valence-corrected chi connectivity index (χ1v) is 13.8. The second-order valence-electron chi connectivity index (χ2n) is 10.7. The Bertz CT molecular complexity index is 964. The van der Waals surface area contributed by atoms with Crippen molar-refractivity contribution in [1.29, 1.82) is 0 Å². The standard InChI is InChI=1S/C31H44N2O4/c1-5-30(36,6-2)25(21-23-15-11-9-12-16-23)33(28(35)29(19-20-29)27(32)34)26(31(37,7-3)8-4)22-24-17-13-10-14-18-24/h9-18,25-26,36-37H,5-8,19-22H2,1-4H3,(H2,32,34)/t25-,26-/m1/s1. The molecule has 2 atom stereocenters. The van der Waals surface area contributed by atoms with Crippen molar-refractivity contribution < 1.29 is 19.8 Å². The van der Waals surface area contributed by atoms with Crippen molar-refractivity contribution in [2.24, 2.45) is 11.1 Å². The zero-order chi connectivity index (χ0) is 27.3. The molecule has 6 heteroatoms. The second-order valence-corrected chi connectivity index (χ2v) is 10.7. The van der Waals surface area contributed by atoms with Crippen LogP contribution in [0.15, 0.2) is 60.7 Å². The van der Waals surface area contributed by atoms with Crippen LogP contribution < -0.4 is 5.73 Å². The molecular weight excluding hydrogens is 464 g/mol. The van der Waals surface area contributed by atoms with E-state index in [1.807, 2.05) is 88.4 Å². The topological polar surface area (TPSA) is 104 Å². The van der Waals surface area contributed by atoms with Gasteiger partial charge in [-0.3, -0.25) is 9.59 Å². The zero-order valence-electron chi connectivity index (χ0n) is 22.8. The van der Waals surface area contributed by atoms with Crippen molar-refractivity contribution in [2.75, 3.05) is 0 Å². The average Bonchev–Trinajstić information content (AvgIpc) is 3.75. The quantitative estimate of drug-likeness (QED) is 0.329. The number of hydrogen-bond acceptors (Lipinski definition) is 4. The molecule has 3 rings (SSSR count). The summed E-state index contributed by atoms with van der Waals surface area (Å²) in [6.45, 7) is 7.68. The third-order valence-corrected chi connectivity index (χ3v) is 8.77. The van der Waals surface area contributed by atoms with Crippen molar-refractivity contribution in [3.8, 4) is 0 Å². The molecule has 0 saturated heterocycles. The minimum atomic E-state index is -1.28. The highest BCUT2D eigenvalue weighted by molar-refractivity contribution is 6.07. The Morgan fingerprint density at radius 3 is 1.41 bits per heavy atom. The molecule has 2 aromatic rings. The lowest BCUT2D eigenvalue weighted by Gasteiger charge is -2.51. The molecule has 0 bridgehead atoms. The Balaban J connectivity index is 2.26. The maximum absolute atomic E-state index is 14.5. The number of benzene rings is 2. The molecule has 202 valence electrons. The summed E-state index contributed by atoms with van der Waals surface area (Å²) in [6.07, 6.45) is 3.25. The number of hydrogen-bond donors (Lipinski definition) is 3. The molecule has 0 aliphatic heterocycles. The van der Waals surface area contributed by atoms with E-state index in [9.17, 15) is 19.8 Å². The van der Waals surface area contributed by atoms with Gasteiger partial charge in [0, 0.05) is 0 Å². The van der Waals surface area contributed by atoms with E-state index >= 15 is 0 Å². The molecule has 2 amide bonds. The summed E-state index contributed by atoms with van der Waals surface area (Å²) >= 11 is 0. The lowest BCUT2D eigenvalue weighted by atomic mass is 9.77. The van der Waals surface area contributed by atoms with Crippen molar-refractivity contribution >= 4 is 11.8 Å². The van der Waals surface area contributed by atoms with Crippen LogP contribution in [0.25, 0.3) is 0 Å². The lowest BCUT2D eigenvalue weighted by molar-refractivity contribution is -0.166. The number of amides is 2. The molecule has 0 heterocycles. The van der Waals surface area contributed by atoms with Gasteiger partial charge in [-0.15, -0.1) is 0 Å². The van der Waals surface area contributed by atoms with Crippen LogP contribution in [0, 0.1) is 5.41 Å². The van der Waals surface area contributed by atoms with Crippen LogP contribution in [-0.4, -0.2) is 50.2 Å². The van der Waals surface area contributed by atoms with Gasteiger partial charge in [0.1, 0.15) is 5.41 Å². The smallest absolute Gasteiger partial charge is 0.238 e. The molecule has 0 aromatic heterocycles. The molecule has 0 spiro atoms. The molecule has 1 aliphatic carbocycles. The van der Waals surface area contributed by atoms with Crippen molar-refractivity contribution in [3.63, 3.8) is 0 Å². The van der Waals surface area contributed by atoms with Gasteiger partial charge in [0.15, 0.2) is 0 Å². The summed E-state index contributed by atoms with van der Waals surface area (Å²) in [4.78, 5) is 28.8. The lowest BCUT2D eigenvalue weighted by Crippen LogP contribution is -2.66. The van der Waals surface area contributed by atoms with Crippen LogP contribution in [0.3, 0.4) is 0 Å². The predicted octanol–water partition coefficient (Wildman–Crippen LogP) is 4.41. The number of nitrogens with two attached hydrogens (primary N) is 1. The molecular formula is C31H44N2O4. The highest BCUT2D eigenvalue weighted by Gasteiger charge is 2.61. The van der Waals surface area contributed by atoms with E-state index < -0.39 is 34.6 Å². The van der Waals surface area contributed by atoms with Crippen LogP contribution in [0.4, 0.5) is 0 Å². The summed E-state index contributed by atoms with van der Waals surface area (Å²) in [5.41, 5.74) is 4.03.